The molecule has 0 saturated carbocycles. The Balaban J connectivity index is 1.55. The fourth-order valence-electron chi connectivity index (χ4n) is 6.31. The summed E-state index contributed by atoms with van der Waals surface area (Å²) >= 11 is 0. The van der Waals surface area contributed by atoms with Crippen LogP contribution in [0.2, 0.25) is 0 Å². The summed E-state index contributed by atoms with van der Waals surface area (Å²) in [6.45, 7) is 1.32. The number of aromatic hydroxyl groups is 5. The van der Waals surface area contributed by atoms with E-state index in [1.807, 2.05) is 36.4 Å². The van der Waals surface area contributed by atoms with Crippen LogP contribution in [0.25, 0.3) is 5.57 Å². The van der Waals surface area contributed by atoms with Gasteiger partial charge in [-0.3, -0.25) is 4.90 Å². The molecule has 2 atom stereocenters. The molecule has 0 aromatic heterocycles. The second-order valence-corrected chi connectivity index (χ2v) is 10.2. The molecule has 6 nitrogen and oxygen atoms in total. The van der Waals surface area contributed by atoms with Gasteiger partial charge in [-0.25, -0.2) is 0 Å². The van der Waals surface area contributed by atoms with Crippen LogP contribution in [0.5, 0.6) is 28.7 Å². The van der Waals surface area contributed by atoms with E-state index in [1.165, 1.54) is 6.07 Å². The molecule has 1 heterocycles. The molecule has 1 aliphatic heterocycles. The van der Waals surface area contributed by atoms with Crippen LogP contribution >= 0.6 is 0 Å². The minimum atomic E-state index is -0.806. The van der Waals surface area contributed by atoms with Crippen LogP contribution in [0.15, 0.2) is 91.0 Å². The number of hydrogen-bond donors (Lipinski definition) is 5. The SMILES string of the molecule is Oc1ccc(CCN2CC(c3cccc(O)c3)=C[C@]3(c4cccc(O)c4)c4c(O)cc(O)cc4C[C@H]23)cc1. The molecule has 0 bridgehead atoms. The third-order valence-electron chi connectivity index (χ3n) is 7.92. The minimum absolute atomic E-state index is 0.0118. The molecule has 6 heteroatoms. The topological polar surface area (TPSA) is 104 Å². The molecule has 0 saturated heterocycles. The first kappa shape index (κ1) is 23.9. The summed E-state index contributed by atoms with van der Waals surface area (Å²) in [6.07, 6.45) is 3.51. The summed E-state index contributed by atoms with van der Waals surface area (Å²) in [6, 6.07) is 24.5. The lowest BCUT2D eigenvalue weighted by molar-refractivity contribution is 0.176. The molecule has 0 unspecified atom stereocenters. The van der Waals surface area contributed by atoms with Crippen LogP contribution in [0, 0.1) is 0 Å². The first-order valence-electron chi connectivity index (χ1n) is 12.7. The van der Waals surface area contributed by atoms with E-state index in [4.69, 9.17) is 0 Å². The van der Waals surface area contributed by atoms with Gasteiger partial charge in [-0.2, -0.15) is 0 Å². The summed E-state index contributed by atoms with van der Waals surface area (Å²) < 4.78 is 0. The molecular weight excluding hydrogens is 478 g/mol. The van der Waals surface area contributed by atoms with Gasteiger partial charge in [0.25, 0.3) is 0 Å². The van der Waals surface area contributed by atoms with E-state index in [9.17, 15) is 25.5 Å². The van der Waals surface area contributed by atoms with Crippen LogP contribution < -0.4 is 0 Å². The number of benzene rings is 4. The van der Waals surface area contributed by atoms with Gasteiger partial charge in [-0.15, -0.1) is 0 Å². The Morgan fingerprint density at radius 2 is 1.47 bits per heavy atom. The lowest BCUT2D eigenvalue weighted by Crippen LogP contribution is -2.52. The lowest BCUT2D eigenvalue weighted by atomic mass is 9.68. The number of nitrogens with zero attached hydrogens (tertiary/aromatic N) is 1. The maximum atomic E-state index is 11.2. The molecule has 192 valence electrons. The average molecular weight is 508 g/mol. The van der Waals surface area contributed by atoms with Crippen molar-refractivity contribution in [2.45, 2.75) is 24.3 Å². The number of phenolic OH excluding ortho intramolecular Hbond substituents is 5. The predicted molar refractivity (Wildman–Crippen MR) is 146 cm³/mol. The Labute approximate surface area is 221 Å². The third kappa shape index (κ3) is 4.03. The first-order valence-corrected chi connectivity index (χ1v) is 12.7. The fourth-order valence-corrected chi connectivity index (χ4v) is 6.31. The van der Waals surface area contributed by atoms with Gasteiger partial charge < -0.3 is 25.5 Å². The summed E-state index contributed by atoms with van der Waals surface area (Å²) in [7, 11) is 0. The monoisotopic (exact) mass is 507 g/mol. The number of hydrogen-bond acceptors (Lipinski definition) is 6. The van der Waals surface area contributed by atoms with Crippen LogP contribution in [-0.2, 0) is 18.3 Å². The molecular formula is C32H29NO5. The maximum Gasteiger partial charge on any atom is 0.124 e. The van der Waals surface area contributed by atoms with E-state index >= 15 is 0 Å². The third-order valence-corrected chi connectivity index (χ3v) is 7.92. The normalized spacial score (nSPS) is 20.5. The highest BCUT2D eigenvalue weighted by Crippen LogP contribution is 2.55. The second-order valence-electron chi connectivity index (χ2n) is 10.2. The highest BCUT2D eigenvalue weighted by Gasteiger charge is 2.53. The van der Waals surface area contributed by atoms with Crippen LogP contribution in [0.3, 0.4) is 0 Å². The van der Waals surface area contributed by atoms with Gasteiger partial charge in [0.1, 0.15) is 28.7 Å². The lowest BCUT2D eigenvalue weighted by Gasteiger charge is -2.46. The van der Waals surface area contributed by atoms with Crippen molar-refractivity contribution in [1.29, 1.82) is 0 Å². The Hall–Kier alpha value is -4.42. The Morgan fingerprint density at radius 3 is 2.21 bits per heavy atom. The van der Waals surface area contributed by atoms with Crippen LogP contribution in [0.1, 0.15) is 27.8 Å². The van der Waals surface area contributed by atoms with Crippen LogP contribution in [0.4, 0.5) is 0 Å². The van der Waals surface area contributed by atoms with Gasteiger partial charge >= 0.3 is 0 Å². The van der Waals surface area contributed by atoms with Crippen molar-refractivity contribution in [3.05, 3.63) is 119 Å². The number of phenols is 5. The van der Waals surface area contributed by atoms with E-state index < -0.39 is 5.41 Å². The Morgan fingerprint density at radius 1 is 0.737 bits per heavy atom. The highest BCUT2D eigenvalue weighted by atomic mass is 16.3. The molecule has 1 aliphatic carbocycles. The molecule has 0 radical (unpaired) electrons. The van der Waals surface area contributed by atoms with Crippen molar-refractivity contribution in [3.8, 4) is 28.7 Å². The van der Waals surface area contributed by atoms with E-state index in [2.05, 4.69) is 11.0 Å². The number of fused-ring (bicyclic) bond motifs is 3. The van der Waals surface area contributed by atoms with Crippen molar-refractivity contribution in [3.63, 3.8) is 0 Å². The van der Waals surface area contributed by atoms with E-state index in [-0.39, 0.29) is 34.8 Å². The second kappa shape index (κ2) is 9.15. The fraction of sp³-hybridized carbons (Fsp3) is 0.188. The van der Waals surface area contributed by atoms with E-state index in [0.29, 0.717) is 19.5 Å². The smallest absolute Gasteiger partial charge is 0.124 e. The number of rotatable bonds is 5. The largest absolute Gasteiger partial charge is 0.508 e. The van der Waals surface area contributed by atoms with Crippen molar-refractivity contribution >= 4 is 5.57 Å². The Kier molecular flexibility index (Phi) is 5.77. The summed E-state index contributed by atoms with van der Waals surface area (Å²) in [4.78, 5) is 2.38. The zero-order chi connectivity index (χ0) is 26.4. The molecule has 0 fully saturated rings. The molecule has 2 aliphatic rings. The van der Waals surface area contributed by atoms with Gasteiger partial charge in [0.2, 0.25) is 0 Å². The van der Waals surface area contributed by atoms with Gasteiger partial charge in [0, 0.05) is 30.8 Å². The summed E-state index contributed by atoms with van der Waals surface area (Å²) in [5, 5.41) is 52.0. The average Bonchev–Trinajstić information content (AvgIpc) is 3.23. The first-order chi connectivity index (χ1) is 18.3. The zero-order valence-corrected chi connectivity index (χ0v) is 20.7. The molecule has 4 aromatic carbocycles. The molecule has 4 aromatic rings. The Bertz CT molecular complexity index is 1540. The van der Waals surface area contributed by atoms with Crippen LogP contribution in [-0.4, -0.2) is 49.6 Å². The summed E-state index contributed by atoms with van der Waals surface area (Å²) in [5.74, 6) is 0.560. The highest BCUT2D eigenvalue weighted by molar-refractivity contribution is 5.76. The van der Waals surface area contributed by atoms with Crippen molar-refractivity contribution in [2.24, 2.45) is 0 Å². The van der Waals surface area contributed by atoms with Crippen molar-refractivity contribution in [2.75, 3.05) is 13.1 Å². The van der Waals surface area contributed by atoms with Gasteiger partial charge in [0.05, 0.1) is 5.41 Å². The maximum absolute atomic E-state index is 11.2. The van der Waals surface area contributed by atoms with Gasteiger partial charge in [0.15, 0.2) is 0 Å². The van der Waals surface area contributed by atoms with E-state index in [0.717, 1.165) is 39.8 Å². The van der Waals surface area contributed by atoms with Crippen molar-refractivity contribution in [1.82, 2.24) is 4.90 Å². The predicted octanol–water partition coefficient (Wildman–Crippen LogP) is 5.07. The molecule has 0 amide bonds. The molecule has 6 rings (SSSR count). The quantitative estimate of drug-likeness (QED) is 0.259. The van der Waals surface area contributed by atoms with Gasteiger partial charge in [-0.05, 0) is 83.1 Å². The van der Waals surface area contributed by atoms with Crippen molar-refractivity contribution < 1.29 is 25.5 Å². The minimum Gasteiger partial charge on any atom is -0.508 e. The molecule has 5 N–H and O–H groups in total. The zero-order valence-electron chi connectivity index (χ0n) is 20.7. The standard InChI is InChI=1S/C32H29NO5/c34-25-9-7-20(8-10-25)11-12-33-19-23(21-3-1-5-26(35)13-21)18-32(24-4-2-6-27(36)16-24)30(33)15-22-14-28(37)17-29(38)31(22)32/h1-10,13-14,16-18,30,34-38H,11-12,15,19H2/t30-,32+/m0/s1. The molecule has 38 heavy (non-hydrogen) atoms. The molecule has 0 spiro atoms. The van der Waals surface area contributed by atoms with Gasteiger partial charge in [-0.1, -0.05) is 42.5 Å². The summed E-state index contributed by atoms with van der Waals surface area (Å²) in [5.41, 5.74) is 4.58. The van der Waals surface area contributed by atoms with E-state index in [1.54, 1.807) is 42.5 Å².